The molecule has 0 bridgehead atoms. The molecule has 0 fully saturated rings. The number of anilines is 1. The number of nitrogens with two attached hydrogens (primary N) is 1. The third-order valence-electron chi connectivity index (χ3n) is 4.48. The van der Waals surface area contributed by atoms with Crippen LogP contribution in [0.15, 0.2) is 23.8 Å². The Morgan fingerprint density at radius 1 is 1.33 bits per heavy atom. The summed E-state index contributed by atoms with van der Waals surface area (Å²) in [4.78, 5) is 18.5. The van der Waals surface area contributed by atoms with E-state index in [1.165, 1.54) is 42.6 Å². The lowest BCUT2D eigenvalue weighted by Crippen LogP contribution is -2.24. The maximum Gasteiger partial charge on any atom is 0.263 e. The van der Waals surface area contributed by atoms with E-state index in [4.69, 9.17) is 5.73 Å². The first-order valence-corrected chi connectivity index (χ1v) is 9.64. The van der Waals surface area contributed by atoms with Gasteiger partial charge in [-0.05, 0) is 50.7 Å². The number of nitrogens with one attached hydrogen (secondary N) is 1. The summed E-state index contributed by atoms with van der Waals surface area (Å²) < 4.78 is 0. The third-order valence-corrected chi connectivity index (χ3v) is 5.59. The molecule has 1 aliphatic carbocycles. The predicted molar refractivity (Wildman–Crippen MR) is 102 cm³/mol. The largest absolute Gasteiger partial charge is 0.397 e. The Labute approximate surface area is 147 Å². The summed E-state index contributed by atoms with van der Waals surface area (Å²) in [6, 6.07) is 3.99. The maximum absolute atomic E-state index is 12.5. The topological polar surface area (TPSA) is 68.0 Å². The normalized spacial score (nSPS) is 14.6. The monoisotopic (exact) mass is 343 g/mol. The second-order valence-corrected chi connectivity index (χ2v) is 7.36. The molecule has 3 rings (SSSR count). The van der Waals surface area contributed by atoms with Gasteiger partial charge in [0.15, 0.2) is 0 Å². The van der Waals surface area contributed by atoms with Crippen molar-refractivity contribution < 1.29 is 4.79 Å². The zero-order valence-corrected chi connectivity index (χ0v) is 15.0. The number of carbonyl (C=O) groups is 1. The lowest BCUT2D eigenvalue weighted by atomic mass is 9.97. The van der Waals surface area contributed by atoms with Crippen molar-refractivity contribution in [2.24, 2.45) is 0 Å². The molecule has 24 heavy (non-hydrogen) atoms. The molecule has 0 atom stereocenters. The molecule has 3 N–H and O–H groups in total. The van der Waals surface area contributed by atoms with Gasteiger partial charge in [-0.1, -0.05) is 25.0 Å². The second-order valence-electron chi connectivity index (χ2n) is 6.36. The second kappa shape index (κ2) is 7.79. The molecule has 0 radical (unpaired) electrons. The van der Waals surface area contributed by atoms with Crippen LogP contribution in [0.5, 0.6) is 0 Å². The average molecular weight is 343 g/mol. The van der Waals surface area contributed by atoms with Gasteiger partial charge in [0.1, 0.15) is 9.71 Å². The molecule has 1 amide bonds. The first-order chi connectivity index (χ1) is 11.7. The molecule has 1 aliphatic rings. The van der Waals surface area contributed by atoms with Gasteiger partial charge in [0, 0.05) is 17.6 Å². The Morgan fingerprint density at radius 2 is 2.21 bits per heavy atom. The van der Waals surface area contributed by atoms with Crippen LogP contribution < -0.4 is 11.1 Å². The Bertz CT molecular complexity index is 763. The Kier molecular flexibility index (Phi) is 5.51. The Morgan fingerprint density at radius 3 is 2.96 bits per heavy atom. The number of hydrogen-bond donors (Lipinski definition) is 2. The number of nitrogen functional groups attached to an aromatic ring is 1. The first-order valence-electron chi connectivity index (χ1n) is 8.83. The average Bonchev–Trinajstić information content (AvgIpc) is 2.92. The number of aromatic nitrogens is 1. The summed E-state index contributed by atoms with van der Waals surface area (Å²) in [6.45, 7) is 2.81. The highest BCUT2D eigenvalue weighted by Gasteiger charge is 2.17. The minimum atomic E-state index is -0.0797. The van der Waals surface area contributed by atoms with Crippen LogP contribution >= 0.6 is 11.3 Å². The van der Waals surface area contributed by atoms with E-state index in [-0.39, 0.29) is 5.91 Å². The summed E-state index contributed by atoms with van der Waals surface area (Å²) in [5, 5.41) is 3.90. The van der Waals surface area contributed by atoms with Crippen molar-refractivity contribution >= 4 is 33.1 Å². The van der Waals surface area contributed by atoms with Crippen molar-refractivity contribution in [2.75, 3.05) is 12.3 Å². The number of hydrogen-bond acceptors (Lipinski definition) is 4. The number of thiophene rings is 1. The van der Waals surface area contributed by atoms with Crippen molar-refractivity contribution in [3.8, 4) is 0 Å². The van der Waals surface area contributed by atoms with E-state index < -0.39 is 0 Å². The number of aryl methyl sites for hydroxylation is 1. The molecule has 0 saturated carbocycles. The molecule has 5 heteroatoms. The van der Waals surface area contributed by atoms with Crippen LogP contribution in [-0.2, 0) is 6.42 Å². The van der Waals surface area contributed by atoms with Crippen LogP contribution in [0.25, 0.3) is 10.2 Å². The number of fused-ring (bicyclic) bond motifs is 1. The highest BCUT2D eigenvalue weighted by molar-refractivity contribution is 7.21. The van der Waals surface area contributed by atoms with Crippen molar-refractivity contribution in [3.63, 3.8) is 0 Å². The molecule has 0 aromatic carbocycles. The quantitative estimate of drug-likeness (QED) is 0.761. The fourth-order valence-corrected chi connectivity index (χ4v) is 4.18. The van der Waals surface area contributed by atoms with E-state index in [0.717, 1.165) is 35.2 Å². The Balaban J connectivity index is 1.67. The molecular weight excluding hydrogens is 318 g/mol. The highest BCUT2D eigenvalue weighted by Crippen LogP contribution is 2.32. The van der Waals surface area contributed by atoms with E-state index in [9.17, 15) is 4.79 Å². The van der Waals surface area contributed by atoms with E-state index in [1.807, 2.05) is 12.1 Å². The van der Waals surface area contributed by atoms with Gasteiger partial charge in [0.05, 0.1) is 5.69 Å². The fraction of sp³-hybridized carbons (Fsp3) is 0.474. The summed E-state index contributed by atoms with van der Waals surface area (Å²) in [5.74, 6) is -0.0797. The molecule has 2 aromatic heterocycles. The van der Waals surface area contributed by atoms with Crippen LogP contribution in [0.4, 0.5) is 5.69 Å². The fourth-order valence-electron chi connectivity index (χ4n) is 3.15. The number of carbonyl (C=O) groups excluding carboxylic acids is 1. The van der Waals surface area contributed by atoms with Gasteiger partial charge in [0.25, 0.3) is 5.91 Å². The SMILES string of the molecule is CCCc1ccc2c(N)c(C(=O)NCCC3=CCCCC3)sc2n1. The zero-order chi connectivity index (χ0) is 16.9. The van der Waals surface area contributed by atoms with Crippen LogP contribution in [-0.4, -0.2) is 17.4 Å². The van der Waals surface area contributed by atoms with Crippen LogP contribution in [0, 0.1) is 0 Å². The minimum absolute atomic E-state index is 0.0797. The molecular formula is C19H25N3OS. The standard InChI is InChI=1S/C19H25N3OS/c1-2-6-14-9-10-15-16(20)17(24-19(15)22-14)18(23)21-12-11-13-7-4-3-5-8-13/h7,9-10H,2-6,8,11-12,20H2,1H3,(H,21,23). The van der Waals surface area contributed by atoms with E-state index in [2.05, 4.69) is 23.3 Å². The number of pyridine rings is 1. The molecule has 2 heterocycles. The molecule has 0 spiro atoms. The molecule has 0 unspecified atom stereocenters. The molecule has 0 aliphatic heterocycles. The van der Waals surface area contributed by atoms with Gasteiger partial charge in [-0.15, -0.1) is 11.3 Å². The first kappa shape index (κ1) is 17.0. The van der Waals surface area contributed by atoms with Crippen molar-refractivity contribution in [1.82, 2.24) is 10.3 Å². The summed E-state index contributed by atoms with van der Waals surface area (Å²) in [6.07, 6.45) is 10.2. The number of rotatable bonds is 6. The van der Waals surface area contributed by atoms with Gasteiger partial charge in [0.2, 0.25) is 0 Å². The smallest absolute Gasteiger partial charge is 0.263 e. The predicted octanol–water partition coefficient (Wildman–Crippen LogP) is 4.45. The molecule has 0 saturated heterocycles. The van der Waals surface area contributed by atoms with E-state index in [0.29, 0.717) is 17.1 Å². The van der Waals surface area contributed by atoms with E-state index in [1.54, 1.807) is 0 Å². The number of allylic oxidation sites excluding steroid dienone is 1. The van der Waals surface area contributed by atoms with Crippen LogP contribution in [0.2, 0.25) is 0 Å². The number of amides is 1. The lowest BCUT2D eigenvalue weighted by molar-refractivity contribution is 0.0959. The van der Waals surface area contributed by atoms with Gasteiger partial charge >= 0.3 is 0 Å². The van der Waals surface area contributed by atoms with Gasteiger partial charge in [-0.3, -0.25) is 4.79 Å². The van der Waals surface area contributed by atoms with Crippen molar-refractivity contribution in [2.45, 2.75) is 51.9 Å². The summed E-state index contributed by atoms with van der Waals surface area (Å²) >= 11 is 1.40. The van der Waals surface area contributed by atoms with E-state index >= 15 is 0 Å². The van der Waals surface area contributed by atoms with Crippen LogP contribution in [0.1, 0.15) is 60.8 Å². The molecule has 4 nitrogen and oxygen atoms in total. The third kappa shape index (κ3) is 3.78. The summed E-state index contributed by atoms with van der Waals surface area (Å²) in [7, 11) is 0. The summed E-state index contributed by atoms with van der Waals surface area (Å²) in [5.41, 5.74) is 9.26. The van der Waals surface area contributed by atoms with Crippen molar-refractivity contribution in [1.29, 1.82) is 0 Å². The zero-order valence-electron chi connectivity index (χ0n) is 14.2. The molecule has 2 aromatic rings. The van der Waals surface area contributed by atoms with Gasteiger partial charge in [-0.25, -0.2) is 4.98 Å². The van der Waals surface area contributed by atoms with Crippen molar-refractivity contribution in [3.05, 3.63) is 34.4 Å². The lowest BCUT2D eigenvalue weighted by Gasteiger charge is -2.12. The Hall–Kier alpha value is -1.88. The maximum atomic E-state index is 12.5. The van der Waals surface area contributed by atoms with Gasteiger partial charge in [-0.2, -0.15) is 0 Å². The molecule has 128 valence electrons. The minimum Gasteiger partial charge on any atom is -0.397 e. The van der Waals surface area contributed by atoms with Crippen LogP contribution in [0.3, 0.4) is 0 Å². The van der Waals surface area contributed by atoms with Gasteiger partial charge < -0.3 is 11.1 Å². The highest BCUT2D eigenvalue weighted by atomic mass is 32.1. The number of nitrogens with zero attached hydrogens (tertiary/aromatic N) is 1.